The molecule has 2 unspecified atom stereocenters. The predicted molar refractivity (Wildman–Crippen MR) is 81.1 cm³/mol. The van der Waals surface area contributed by atoms with Crippen molar-refractivity contribution in [2.75, 3.05) is 13.1 Å². The highest BCUT2D eigenvalue weighted by Gasteiger charge is 2.31. The summed E-state index contributed by atoms with van der Waals surface area (Å²) in [4.78, 5) is 6.99. The summed E-state index contributed by atoms with van der Waals surface area (Å²) in [7, 11) is 0. The van der Waals surface area contributed by atoms with Crippen LogP contribution in [0.5, 0.6) is 0 Å². The van der Waals surface area contributed by atoms with Crippen molar-refractivity contribution in [3.8, 4) is 0 Å². The molecule has 2 N–H and O–H groups in total. The van der Waals surface area contributed by atoms with Gasteiger partial charge in [0.05, 0.1) is 6.54 Å². The Labute approximate surface area is 122 Å². The SMILES string of the molecule is CCN(Cc1ncnn1CC(C)C)C1CCCC1CN. The average molecular weight is 279 g/mol. The standard InChI is InChI=1S/C15H29N5/c1-4-19(14-7-5-6-13(14)8-16)10-15-17-11-18-20(15)9-12(2)3/h11-14H,4-10,16H2,1-3H3. The molecule has 1 aromatic heterocycles. The minimum absolute atomic E-state index is 0.591. The number of hydrogen-bond acceptors (Lipinski definition) is 4. The second-order valence-corrected chi connectivity index (χ2v) is 6.31. The highest BCUT2D eigenvalue weighted by Crippen LogP contribution is 2.29. The second kappa shape index (κ2) is 7.18. The van der Waals surface area contributed by atoms with E-state index in [1.54, 1.807) is 6.33 Å². The van der Waals surface area contributed by atoms with E-state index in [1.165, 1.54) is 19.3 Å². The number of nitrogens with two attached hydrogens (primary N) is 1. The number of rotatable bonds is 7. The van der Waals surface area contributed by atoms with Gasteiger partial charge in [0.25, 0.3) is 0 Å². The Morgan fingerprint density at radius 3 is 2.90 bits per heavy atom. The average Bonchev–Trinajstić information content (AvgIpc) is 3.04. The number of nitrogens with zero attached hydrogens (tertiary/aromatic N) is 4. The van der Waals surface area contributed by atoms with Crippen molar-refractivity contribution in [2.45, 2.75) is 59.2 Å². The van der Waals surface area contributed by atoms with Crippen LogP contribution in [0.2, 0.25) is 0 Å². The van der Waals surface area contributed by atoms with Crippen LogP contribution in [0.1, 0.15) is 45.9 Å². The first-order valence-corrected chi connectivity index (χ1v) is 7.96. The highest BCUT2D eigenvalue weighted by molar-refractivity contribution is 4.91. The van der Waals surface area contributed by atoms with Gasteiger partial charge in [-0.25, -0.2) is 9.67 Å². The molecule has 114 valence electrons. The molecule has 0 aromatic carbocycles. The Hall–Kier alpha value is -0.940. The van der Waals surface area contributed by atoms with Crippen LogP contribution in [0.4, 0.5) is 0 Å². The molecule has 1 fully saturated rings. The fourth-order valence-electron chi connectivity index (χ4n) is 3.33. The summed E-state index contributed by atoms with van der Waals surface area (Å²) in [6.45, 7) is 10.3. The molecule has 1 saturated carbocycles. The number of hydrogen-bond donors (Lipinski definition) is 1. The van der Waals surface area contributed by atoms with E-state index in [9.17, 15) is 0 Å². The third-order valence-electron chi connectivity index (χ3n) is 4.38. The lowest BCUT2D eigenvalue weighted by molar-refractivity contribution is 0.155. The van der Waals surface area contributed by atoms with E-state index in [2.05, 4.69) is 40.4 Å². The van der Waals surface area contributed by atoms with Gasteiger partial charge >= 0.3 is 0 Å². The molecule has 1 aromatic rings. The molecule has 5 heteroatoms. The topological polar surface area (TPSA) is 60.0 Å². The molecule has 5 nitrogen and oxygen atoms in total. The van der Waals surface area contributed by atoms with E-state index in [1.807, 2.05) is 0 Å². The molecule has 2 rings (SSSR count). The summed E-state index contributed by atoms with van der Waals surface area (Å²) >= 11 is 0. The summed E-state index contributed by atoms with van der Waals surface area (Å²) in [6, 6.07) is 0.620. The quantitative estimate of drug-likeness (QED) is 0.828. The van der Waals surface area contributed by atoms with Gasteiger partial charge in [-0.1, -0.05) is 27.2 Å². The van der Waals surface area contributed by atoms with Crippen molar-refractivity contribution in [2.24, 2.45) is 17.6 Å². The maximum absolute atomic E-state index is 5.93. The van der Waals surface area contributed by atoms with Gasteiger partial charge < -0.3 is 5.73 Å². The van der Waals surface area contributed by atoms with E-state index in [4.69, 9.17) is 5.73 Å². The van der Waals surface area contributed by atoms with Crippen molar-refractivity contribution in [1.82, 2.24) is 19.7 Å². The van der Waals surface area contributed by atoms with Crippen molar-refractivity contribution in [3.05, 3.63) is 12.2 Å². The maximum atomic E-state index is 5.93. The van der Waals surface area contributed by atoms with Crippen molar-refractivity contribution in [1.29, 1.82) is 0 Å². The van der Waals surface area contributed by atoms with Crippen molar-refractivity contribution >= 4 is 0 Å². The molecular formula is C15H29N5. The Bertz CT molecular complexity index is 401. The normalized spacial score (nSPS) is 23.1. The summed E-state index contributed by atoms with van der Waals surface area (Å²) in [5.41, 5.74) is 5.93. The Morgan fingerprint density at radius 1 is 1.45 bits per heavy atom. The lowest BCUT2D eigenvalue weighted by Gasteiger charge is -2.31. The van der Waals surface area contributed by atoms with Crippen LogP contribution in [0.3, 0.4) is 0 Å². The van der Waals surface area contributed by atoms with Gasteiger partial charge in [0.2, 0.25) is 0 Å². The lowest BCUT2D eigenvalue weighted by atomic mass is 10.0. The summed E-state index contributed by atoms with van der Waals surface area (Å²) in [6.07, 6.45) is 5.53. The van der Waals surface area contributed by atoms with E-state index in [-0.39, 0.29) is 0 Å². The Kier molecular flexibility index (Phi) is 5.54. The minimum atomic E-state index is 0.591. The van der Waals surface area contributed by atoms with E-state index < -0.39 is 0 Å². The summed E-state index contributed by atoms with van der Waals surface area (Å²) < 4.78 is 2.06. The van der Waals surface area contributed by atoms with Crippen LogP contribution in [-0.2, 0) is 13.1 Å². The molecule has 1 heterocycles. The van der Waals surface area contributed by atoms with Crippen LogP contribution in [-0.4, -0.2) is 38.8 Å². The number of aromatic nitrogens is 3. The van der Waals surface area contributed by atoms with Gasteiger partial charge in [0.1, 0.15) is 12.2 Å². The molecule has 0 saturated heterocycles. The predicted octanol–water partition coefficient (Wildman–Crippen LogP) is 1.88. The van der Waals surface area contributed by atoms with E-state index >= 15 is 0 Å². The molecule has 0 spiro atoms. The van der Waals surface area contributed by atoms with Crippen LogP contribution in [0.15, 0.2) is 6.33 Å². The van der Waals surface area contributed by atoms with E-state index in [0.717, 1.165) is 32.0 Å². The van der Waals surface area contributed by atoms with Gasteiger partial charge in [-0.3, -0.25) is 4.90 Å². The van der Waals surface area contributed by atoms with Gasteiger partial charge in [-0.15, -0.1) is 0 Å². The molecule has 0 radical (unpaired) electrons. The zero-order valence-corrected chi connectivity index (χ0v) is 13.1. The maximum Gasteiger partial charge on any atom is 0.141 e. The molecule has 1 aliphatic rings. The molecule has 0 aliphatic heterocycles. The molecule has 1 aliphatic carbocycles. The van der Waals surface area contributed by atoms with E-state index in [0.29, 0.717) is 17.9 Å². The van der Waals surface area contributed by atoms with Gasteiger partial charge in [0.15, 0.2) is 0 Å². The van der Waals surface area contributed by atoms with Crippen LogP contribution in [0, 0.1) is 11.8 Å². The first-order chi connectivity index (χ1) is 9.65. The molecule has 0 bridgehead atoms. The third-order valence-corrected chi connectivity index (χ3v) is 4.38. The summed E-state index contributed by atoms with van der Waals surface area (Å²) in [5.74, 6) is 2.33. The minimum Gasteiger partial charge on any atom is -0.330 e. The largest absolute Gasteiger partial charge is 0.330 e. The second-order valence-electron chi connectivity index (χ2n) is 6.31. The molecule has 2 atom stereocenters. The third kappa shape index (κ3) is 3.58. The monoisotopic (exact) mass is 279 g/mol. The molecule has 20 heavy (non-hydrogen) atoms. The van der Waals surface area contributed by atoms with Crippen molar-refractivity contribution in [3.63, 3.8) is 0 Å². The van der Waals surface area contributed by atoms with Gasteiger partial charge in [0, 0.05) is 12.6 Å². The van der Waals surface area contributed by atoms with Gasteiger partial charge in [-0.05, 0) is 37.8 Å². The fourth-order valence-corrected chi connectivity index (χ4v) is 3.33. The van der Waals surface area contributed by atoms with Crippen molar-refractivity contribution < 1.29 is 0 Å². The first-order valence-electron chi connectivity index (χ1n) is 7.96. The van der Waals surface area contributed by atoms with Crippen LogP contribution in [0.25, 0.3) is 0 Å². The lowest BCUT2D eigenvalue weighted by Crippen LogP contribution is -2.40. The fraction of sp³-hybridized carbons (Fsp3) is 0.867. The first kappa shape index (κ1) is 15.4. The molecule has 0 amide bonds. The smallest absolute Gasteiger partial charge is 0.141 e. The zero-order valence-electron chi connectivity index (χ0n) is 13.1. The van der Waals surface area contributed by atoms with Crippen LogP contribution < -0.4 is 5.73 Å². The molecular weight excluding hydrogens is 250 g/mol. The Balaban J connectivity index is 2.04. The summed E-state index contributed by atoms with van der Waals surface area (Å²) in [5, 5.41) is 4.36. The Morgan fingerprint density at radius 2 is 2.25 bits per heavy atom. The van der Waals surface area contributed by atoms with Gasteiger partial charge in [-0.2, -0.15) is 5.10 Å². The zero-order chi connectivity index (χ0) is 14.5. The highest BCUT2D eigenvalue weighted by atomic mass is 15.4. The van der Waals surface area contributed by atoms with Crippen LogP contribution >= 0.6 is 0 Å².